The minimum atomic E-state index is -2.26. The lowest BCUT2D eigenvalue weighted by Gasteiger charge is -2.43. The minimum absolute atomic E-state index is 0.289. The van der Waals surface area contributed by atoms with E-state index < -0.39 is 47.1 Å². The first-order chi connectivity index (χ1) is 12.2. The van der Waals surface area contributed by atoms with E-state index in [1.807, 2.05) is 13.0 Å². The smallest absolute Gasteiger partial charge is 0.335 e. The number of carbonyl (C=O) groups excluding carboxylic acids is 1. The second-order valence-corrected chi connectivity index (χ2v) is 7.76. The Kier molecular flexibility index (Phi) is 6.47. The van der Waals surface area contributed by atoms with Crippen LogP contribution in [0.4, 0.5) is 0 Å². The van der Waals surface area contributed by atoms with E-state index in [1.54, 1.807) is 6.08 Å². The van der Waals surface area contributed by atoms with Gasteiger partial charge in [0.2, 0.25) is 5.91 Å². The third kappa shape index (κ3) is 3.40. The number of amides is 1. The molecular weight excluding hydrogens is 338 g/mol. The molecule has 0 unspecified atom stereocenters. The number of aliphatic hydroxyl groups is 3. The van der Waals surface area contributed by atoms with E-state index in [0.717, 1.165) is 25.7 Å². The van der Waals surface area contributed by atoms with Crippen molar-refractivity contribution < 1.29 is 30.0 Å². The summed E-state index contributed by atoms with van der Waals surface area (Å²) in [6.07, 6.45) is 5.93. The first-order valence-electron chi connectivity index (χ1n) is 9.50. The normalized spacial score (nSPS) is 36.6. The van der Waals surface area contributed by atoms with Crippen molar-refractivity contribution in [3.05, 3.63) is 12.2 Å². The molecule has 1 fully saturated rings. The highest BCUT2D eigenvalue weighted by Crippen LogP contribution is 2.44. The summed E-state index contributed by atoms with van der Waals surface area (Å²) in [6, 6.07) is 0. The highest BCUT2D eigenvalue weighted by molar-refractivity contribution is 5.96. The SMILES string of the molecule is CCCCC[C@@H](O)[C@H]1C(=O)N[C@](C(=O)O)([C@@H](O)[C@@H]2C=CCCC2)[C@@]1(C)O. The van der Waals surface area contributed by atoms with Crippen LogP contribution < -0.4 is 5.32 Å². The van der Waals surface area contributed by atoms with Crippen molar-refractivity contribution >= 4 is 11.9 Å². The number of nitrogens with one attached hydrogen (secondary N) is 1. The Bertz CT molecular complexity index is 560. The van der Waals surface area contributed by atoms with E-state index in [0.29, 0.717) is 12.8 Å². The third-order valence-corrected chi connectivity index (χ3v) is 5.97. The molecule has 0 aromatic rings. The van der Waals surface area contributed by atoms with Crippen LogP contribution in [-0.4, -0.2) is 55.7 Å². The molecule has 0 aromatic carbocycles. The summed E-state index contributed by atoms with van der Waals surface area (Å²) in [5.74, 6) is -4.02. The maximum Gasteiger partial charge on any atom is 0.335 e. The van der Waals surface area contributed by atoms with Crippen LogP contribution in [0.25, 0.3) is 0 Å². The number of unbranched alkanes of at least 4 members (excludes halogenated alkanes) is 2. The molecule has 1 saturated heterocycles. The van der Waals surface area contributed by atoms with Gasteiger partial charge in [0.25, 0.3) is 0 Å². The second-order valence-electron chi connectivity index (χ2n) is 7.76. The fourth-order valence-corrected chi connectivity index (χ4v) is 4.41. The van der Waals surface area contributed by atoms with E-state index in [4.69, 9.17) is 0 Å². The van der Waals surface area contributed by atoms with Crippen molar-refractivity contribution in [2.24, 2.45) is 11.8 Å². The van der Waals surface area contributed by atoms with E-state index >= 15 is 0 Å². The molecule has 2 aliphatic rings. The average Bonchev–Trinajstić information content (AvgIpc) is 2.81. The van der Waals surface area contributed by atoms with Gasteiger partial charge in [0.1, 0.15) is 5.60 Å². The minimum Gasteiger partial charge on any atom is -0.479 e. The summed E-state index contributed by atoms with van der Waals surface area (Å²) < 4.78 is 0. The summed E-state index contributed by atoms with van der Waals surface area (Å²) in [4.78, 5) is 24.7. The van der Waals surface area contributed by atoms with Crippen LogP contribution in [0, 0.1) is 11.8 Å². The summed E-state index contributed by atoms with van der Waals surface area (Å²) in [7, 11) is 0. The molecule has 2 rings (SSSR count). The molecule has 26 heavy (non-hydrogen) atoms. The molecule has 7 nitrogen and oxygen atoms in total. The average molecular weight is 369 g/mol. The first-order valence-corrected chi connectivity index (χ1v) is 9.50. The molecule has 0 saturated carbocycles. The number of rotatable bonds is 8. The zero-order chi connectivity index (χ0) is 19.5. The number of carboxylic acid groups (broad SMARTS) is 1. The van der Waals surface area contributed by atoms with Crippen LogP contribution in [0.3, 0.4) is 0 Å². The molecule has 0 radical (unpaired) electrons. The fourth-order valence-electron chi connectivity index (χ4n) is 4.41. The molecule has 5 N–H and O–H groups in total. The molecule has 0 spiro atoms. The van der Waals surface area contributed by atoms with Crippen molar-refractivity contribution in [3.63, 3.8) is 0 Å². The van der Waals surface area contributed by atoms with Gasteiger partial charge in [-0.05, 0) is 32.6 Å². The largest absolute Gasteiger partial charge is 0.479 e. The predicted octanol–water partition coefficient (Wildman–Crippen LogP) is 0.965. The van der Waals surface area contributed by atoms with Crippen LogP contribution in [0.5, 0.6) is 0 Å². The number of carbonyl (C=O) groups is 2. The van der Waals surface area contributed by atoms with Crippen LogP contribution in [0.1, 0.15) is 58.8 Å². The molecular formula is C19H31NO6. The van der Waals surface area contributed by atoms with Crippen molar-refractivity contribution in [1.82, 2.24) is 5.32 Å². The summed E-state index contributed by atoms with van der Waals surface area (Å²) in [5, 5.41) is 44.7. The van der Waals surface area contributed by atoms with Gasteiger partial charge in [0.15, 0.2) is 5.54 Å². The van der Waals surface area contributed by atoms with Crippen LogP contribution in [0.2, 0.25) is 0 Å². The standard InChI is InChI=1S/C19H31NO6/c1-3-4-6-11-13(21)14-16(23)20-19(17(24)25,18(14,2)26)15(22)12-9-7-5-8-10-12/h7,9,12-15,21-22,26H,3-6,8,10-11H2,1-2H3,(H,20,23)(H,24,25)/t12-,13-,14+,15+,18+,19+/m1/s1. The zero-order valence-corrected chi connectivity index (χ0v) is 15.5. The summed E-state index contributed by atoms with van der Waals surface area (Å²) in [6.45, 7) is 3.23. The Morgan fingerprint density at radius 3 is 2.62 bits per heavy atom. The number of carboxylic acids is 1. The zero-order valence-electron chi connectivity index (χ0n) is 15.5. The molecule has 7 heteroatoms. The number of aliphatic carboxylic acids is 1. The highest BCUT2D eigenvalue weighted by Gasteiger charge is 2.70. The molecule has 0 aromatic heterocycles. The first kappa shape index (κ1) is 20.9. The fraction of sp³-hybridized carbons (Fsp3) is 0.789. The van der Waals surface area contributed by atoms with Crippen LogP contribution in [0.15, 0.2) is 12.2 Å². The van der Waals surface area contributed by atoms with Crippen molar-refractivity contribution in [3.8, 4) is 0 Å². The molecule has 1 aliphatic carbocycles. The van der Waals surface area contributed by atoms with Gasteiger partial charge >= 0.3 is 5.97 Å². The van der Waals surface area contributed by atoms with Gasteiger partial charge in [-0.3, -0.25) is 4.79 Å². The van der Waals surface area contributed by atoms with Gasteiger partial charge in [0.05, 0.1) is 18.1 Å². The monoisotopic (exact) mass is 369 g/mol. The maximum absolute atomic E-state index is 12.5. The Morgan fingerprint density at radius 2 is 2.08 bits per heavy atom. The highest BCUT2D eigenvalue weighted by atomic mass is 16.4. The lowest BCUT2D eigenvalue weighted by molar-refractivity contribution is -0.173. The second kappa shape index (κ2) is 8.06. The molecule has 6 atom stereocenters. The van der Waals surface area contributed by atoms with Crippen molar-refractivity contribution in [1.29, 1.82) is 0 Å². The van der Waals surface area contributed by atoms with Gasteiger partial charge in [-0.15, -0.1) is 0 Å². The summed E-state index contributed by atoms with van der Waals surface area (Å²) in [5.41, 5.74) is -4.39. The lowest BCUT2D eigenvalue weighted by Crippen LogP contribution is -2.70. The van der Waals surface area contributed by atoms with E-state index in [9.17, 15) is 30.0 Å². The van der Waals surface area contributed by atoms with Crippen LogP contribution in [-0.2, 0) is 9.59 Å². The molecule has 1 aliphatic heterocycles. The topological polar surface area (TPSA) is 127 Å². The Hall–Kier alpha value is -1.44. The van der Waals surface area contributed by atoms with Gasteiger partial charge in [-0.25, -0.2) is 4.79 Å². The molecule has 148 valence electrons. The molecule has 0 bridgehead atoms. The van der Waals surface area contributed by atoms with Gasteiger partial charge in [0, 0.05) is 5.92 Å². The lowest BCUT2D eigenvalue weighted by atomic mass is 9.67. The Balaban J connectivity index is 2.34. The van der Waals surface area contributed by atoms with Gasteiger partial charge in [-0.2, -0.15) is 0 Å². The Morgan fingerprint density at radius 1 is 1.38 bits per heavy atom. The summed E-state index contributed by atoms with van der Waals surface area (Å²) >= 11 is 0. The Labute approximate surface area is 154 Å². The third-order valence-electron chi connectivity index (χ3n) is 5.97. The molecule has 1 heterocycles. The maximum atomic E-state index is 12.5. The quantitative estimate of drug-likeness (QED) is 0.320. The van der Waals surface area contributed by atoms with E-state index in [-0.39, 0.29) is 6.42 Å². The van der Waals surface area contributed by atoms with Gasteiger partial charge < -0.3 is 25.7 Å². The number of hydrogen-bond donors (Lipinski definition) is 5. The van der Waals surface area contributed by atoms with Crippen molar-refractivity contribution in [2.75, 3.05) is 0 Å². The predicted molar refractivity (Wildman–Crippen MR) is 95.3 cm³/mol. The number of aliphatic hydroxyl groups excluding tert-OH is 2. The number of hydrogen-bond acceptors (Lipinski definition) is 5. The van der Waals surface area contributed by atoms with E-state index in [2.05, 4.69) is 5.32 Å². The van der Waals surface area contributed by atoms with Crippen LogP contribution >= 0.6 is 0 Å². The molecule has 1 amide bonds. The van der Waals surface area contributed by atoms with Gasteiger partial charge in [-0.1, -0.05) is 38.3 Å². The van der Waals surface area contributed by atoms with E-state index in [1.165, 1.54) is 6.92 Å². The number of allylic oxidation sites excluding steroid dienone is 1. The van der Waals surface area contributed by atoms with Crippen molar-refractivity contribution in [2.45, 2.75) is 82.1 Å².